The summed E-state index contributed by atoms with van der Waals surface area (Å²) < 4.78 is 11.5. The molecule has 0 aromatic heterocycles. The summed E-state index contributed by atoms with van der Waals surface area (Å²) in [5.41, 5.74) is 0. The lowest BCUT2D eigenvalue weighted by Gasteiger charge is -2.13. The van der Waals surface area contributed by atoms with Crippen LogP contribution in [0.25, 0.3) is 10.8 Å². The van der Waals surface area contributed by atoms with Gasteiger partial charge in [-0.15, -0.1) is 0 Å². The number of phenolic OH excluding ortho intramolecular Hbond substituents is 1. The molecule has 0 radical (unpaired) electrons. The van der Waals surface area contributed by atoms with Crippen molar-refractivity contribution < 1.29 is 14.6 Å². The second-order valence-electron chi connectivity index (χ2n) is 5.15. The Morgan fingerprint density at radius 3 is 2.79 bits per heavy atom. The molecule has 2 unspecified atom stereocenters. The smallest absolute Gasteiger partial charge is 0.120 e. The maximum atomic E-state index is 9.49. The molecule has 1 heterocycles. The Hall–Kier alpha value is -1.74. The van der Waals surface area contributed by atoms with Crippen LogP contribution in [0.1, 0.15) is 19.8 Å². The van der Waals surface area contributed by atoms with Gasteiger partial charge in [0.15, 0.2) is 0 Å². The van der Waals surface area contributed by atoms with Gasteiger partial charge in [0.2, 0.25) is 0 Å². The van der Waals surface area contributed by atoms with E-state index in [0.29, 0.717) is 12.7 Å². The van der Waals surface area contributed by atoms with Crippen LogP contribution in [0.15, 0.2) is 36.4 Å². The third kappa shape index (κ3) is 2.82. The molecule has 0 saturated carbocycles. The number of ether oxygens (including phenoxy) is 2. The van der Waals surface area contributed by atoms with Crippen molar-refractivity contribution in [3.63, 3.8) is 0 Å². The Morgan fingerprint density at radius 2 is 2.00 bits per heavy atom. The summed E-state index contributed by atoms with van der Waals surface area (Å²) in [7, 11) is 0. The third-order valence-corrected chi connectivity index (χ3v) is 3.55. The van der Waals surface area contributed by atoms with Crippen molar-refractivity contribution in [3.8, 4) is 11.5 Å². The Balaban J connectivity index is 1.70. The van der Waals surface area contributed by atoms with Crippen LogP contribution in [0, 0.1) is 0 Å². The van der Waals surface area contributed by atoms with Crippen LogP contribution < -0.4 is 4.74 Å². The molecule has 1 fully saturated rings. The normalized spacial score (nSPS) is 22.8. The van der Waals surface area contributed by atoms with Gasteiger partial charge in [-0.2, -0.15) is 0 Å². The van der Waals surface area contributed by atoms with E-state index < -0.39 is 0 Å². The highest BCUT2D eigenvalue weighted by Crippen LogP contribution is 2.25. The summed E-state index contributed by atoms with van der Waals surface area (Å²) in [5, 5.41) is 11.6. The van der Waals surface area contributed by atoms with Gasteiger partial charge >= 0.3 is 0 Å². The van der Waals surface area contributed by atoms with Crippen molar-refractivity contribution in [3.05, 3.63) is 36.4 Å². The molecule has 1 aliphatic heterocycles. The first-order valence-corrected chi connectivity index (χ1v) is 6.72. The van der Waals surface area contributed by atoms with Gasteiger partial charge in [0.1, 0.15) is 18.1 Å². The summed E-state index contributed by atoms with van der Waals surface area (Å²) in [6.07, 6.45) is 2.73. The van der Waals surface area contributed by atoms with Gasteiger partial charge in [-0.05, 0) is 54.8 Å². The van der Waals surface area contributed by atoms with Crippen LogP contribution in [0.5, 0.6) is 11.5 Å². The van der Waals surface area contributed by atoms with Gasteiger partial charge in [0.05, 0.1) is 12.2 Å². The van der Waals surface area contributed by atoms with Crippen molar-refractivity contribution >= 4 is 10.8 Å². The lowest BCUT2D eigenvalue weighted by Crippen LogP contribution is -2.17. The maximum Gasteiger partial charge on any atom is 0.120 e. The fourth-order valence-electron chi connectivity index (χ4n) is 2.50. The third-order valence-electron chi connectivity index (χ3n) is 3.55. The van der Waals surface area contributed by atoms with Crippen molar-refractivity contribution in [2.24, 2.45) is 0 Å². The molecule has 0 bridgehead atoms. The second-order valence-corrected chi connectivity index (χ2v) is 5.15. The Kier molecular flexibility index (Phi) is 3.30. The van der Waals surface area contributed by atoms with Crippen LogP contribution in [0.3, 0.4) is 0 Å². The Labute approximate surface area is 112 Å². The quantitative estimate of drug-likeness (QED) is 0.915. The Morgan fingerprint density at radius 1 is 1.16 bits per heavy atom. The lowest BCUT2D eigenvalue weighted by molar-refractivity contribution is 0.0265. The molecule has 1 saturated heterocycles. The van der Waals surface area contributed by atoms with Crippen molar-refractivity contribution in [2.45, 2.75) is 32.0 Å². The van der Waals surface area contributed by atoms with E-state index in [1.54, 1.807) is 12.1 Å². The first kappa shape index (κ1) is 12.3. The molecule has 100 valence electrons. The standard InChI is InChI=1S/C16H18O3/c1-11-2-6-16(19-11)10-18-15-7-4-12-3-5-14(17)8-13(12)9-15/h3-5,7-9,11,16-17H,2,6,10H2,1H3. The molecule has 1 aliphatic rings. The molecule has 2 aromatic carbocycles. The van der Waals surface area contributed by atoms with Crippen LogP contribution in [0.4, 0.5) is 0 Å². The zero-order valence-corrected chi connectivity index (χ0v) is 11.0. The highest BCUT2D eigenvalue weighted by Gasteiger charge is 2.22. The number of fused-ring (bicyclic) bond motifs is 1. The van der Waals surface area contributed by atoms with E-state index in [-0.39, 0.29) is 11.9 Å². The molecule has 0 spiro atoms. The largest absolute Gasteiger partial charge is 0.508 e. The van der Waals surface area contributed by atoms with Gasteiger partial charge in [0.25, 0.3) is 0 Å². The molecule has 3 nitrogen and oxygen atoms in total. The molecule has 0 amide bonds. The summed E-state index contributed by atoms with van der Waals surface area (Å²) in [5.74, 6) is 1.10. The predicted molar refractivity (Wildman–Crippen MR) is 74.7 cm³/mol. The molecule has 0 aliphatic carbocycles. The van der Waals surface area contributed by atoms with Crippen molar-refractivity contribution in [1.29, 1.82) is 0 Å². The molecular formula is C16H18O3. The van der Waals surface area contributed by atoms with Crippen LogP contribution in [-0.4, -0.2) is 23.9 Å². The topological polar surface area (TPSA) is 38.7 Å². The number of phenols is 1. The summed E-state index contributed by atoms with van der Waals surface area (Å²) >= 11 is 0. The van der Waals surface area contributed by atoms with E-state index in [2.05, 4.69) is 6.92 Å². The number of benzene rings is 2. The number of aromatic hydroxyl groups is 1. The van der Waals surface area contributed by atoms with E-state index in [1.165, 1.54) is 0 Å². The van der Waals surface area contributed by atoms with E-state index in [4.69, 9.17) is 9.47 Å². The minimum Gasteiger partial charge on any atom is -0.508 e. The average molecular weight is 258 g/mol. The van der Waals surface area contributed by atoms with Crippen molar-refractivity contribution in [2.75, 3.05) is 6.61 Å². The summed E-state index contributed by atoms with van der Waals surface area (Å²) in [4.78, 5) is 0. The fourth-order valence-corrected chi connectivity index (χ4v) is 2.50. The van der Waals surface area contributed by atoms with Crippen LogP contribution in [-0.2, 0) is 4.74 Å². The average Bonchev–Trinajstić information content (AvgIpc) is 2.81. The summed E-state index contributed by atoms with van der Waals surface area (Å²) in [6.45, 7) is 2.69. The van der Waals surface area contributed by atoms with E-state index >= 15 is 0 Å². The number of rotatable bonds is 3. The zero-order chi connectivity index (χ0) is 13.2. The monoisotopic (exact) mass is 258 g/mol. The molecule has 2 aromatic rings. The van der Waals surface area contributed by atoms with Crippen molar-refractivity contribution in [1.82, 2.24) is 0 Å². The molecular weight excluding hydrogens is 240 g/mol. The second kappa shape index (κ2) is 5.10. The highest BCUT2D eigenvalue weighted by atomic mass is 16.5. The molecule has 3 heteroatoms. The fraction of sp³-hybridized carbons (Fsp3) is 0.375. The minimum atomic E-state index is 0.204. The lowest BCUT2D eigenvalue weighted by atomic mass is 10.1. The van der Waals surface area contributed by atoms with E-state index in [9.17, 15) is 5.11 Å². The maximum absolute atomic E-state index is 9.49. The van der Waals surface area contributed by atoms with Gasteiger partial charge in [-0.1, -0.05) is 12.1 Å². The number of hydrogen-bond donors (Lipinski definition) is 1. The predicted octanol–water partition coefficient (Wildman–Crippen LogP) is 3.49. The van der Waals surface area contributed by atoms with Gasteiger partial charge < -0.3 is 14.6 Å². The highest BCUT2D eigenvalue weighted by molar-refractivity contribution is 5.85. The SMILES string of the molecule is CC1CCC(COc2ccc3ccc(O)cc3c2)O1. The van der Waals surface area contributed by atoms with Crippen LogP contribution >= 0.6 is 0 Å². The van der Waals surface area contributed by atoms with Gasteiger partial charge in [-0.25, -0.2) is 0 Å². The zero-order valence-electron chi connectivity index (χ0n) is 11.0. The van der Waals surface area contributed by atoms with E-state index in [1.807, 2.05) is 24.3 Å². The van der Waals surface area contributed by atoms with E-state index in [0.717, 1.165) is 29.4 Å². The summed E-state index contributed by atoms with van der Waals surface area (Å²) in [6, 6.07) is 11.2. The van der Waals surface area contributed by atoms with Crippen LogP contribution in [0.2, 0.25) is 0 Å². The molecule has 19 heavy (non-hydrogen) atoms. The van der Waals surface area contributed by atoms with Gasteiger partial charge in [0, 0.05) is 0 Å². The molecule has 3 rings (SSSR count). The first-order valence-electron chi connectivity index (χ1n) is 6.72. The van der Waals surface area contributed by atoms with Gasteiger partial charge in [-0.3, -0.25) is 0 Å². The Bertz CT molecular complexity index is 579. The molecule has 1 N–H and O–H groups in total. The molecule has 2 atom stereocenters. The number of hydrogen-bond acceptors (Lipinski definition) is 3. The first-order chi connectivity index (χ1) is 9.20. The minimum absolute atomic E-state index is 0.204.